The Morgan fingerprint density at radius 2 is 1.93 bits per heavy atom. The van der Waals surface area contributed by atoms with E-state index in [9.17, 15) is 0 Å². The highest BCUT2D eigenvalue weighted by Crippen LogP contribution is 1.94. The number of hydrogen-bond donors (Lipinski definition) is 3. The van der Waals surface area contributed by atoms with Crippen molar-refractivity contribution in [2.75, 3.05) is 40.3 Å². The highest BCUT2D eigenvalue weighted by atomic mass is 15.2. The van der Waals surface area contributed by atoms with Gasteiger partial charge in [-0.3, -0.25) is 0 Å². The Hall–Kier alpha value is -0.120. The second kappa shape index (κ2) is 6.38. The summed E-state index contributed by atoms with van der Waals surface area (Å²) in [4.78, 5) is 3.47. The van der Waals surface area contributed by atoms with Crippen LogP contribution in [0.5, 0.6) is 0 Å². The summed E-state index contributed by atoms with van der Waals surface area (Å²) in [6, 6.07) is 0.934. The van der Waals surface area contributed by atoms with Crippen LogP contribution in [0.3, 0.4) is 0 Å². The normalized spacial score (nSPS) is 30.2. The molecule has 84 valence electrons. The average Bonchev–Trinajstić information content (AvgIpc) is 2.19. The summed E-state index contributed by atoms with van der Waals surface area (Å²) in [5, 5.41) is 0. The maximum Gasteiger partial charge on any atom is 0.0981 e. The van der Waals surface area contributed by atoms with Gasteiger partial charge < -0.3 is 15.5 Å². The molecule has 0 saturated carbocycles. The molecule has 1 saturated heterocycles. The van der Waals surface area contributed by atoms with Crippen LogP contribution in [0.15, 0.2) is 0 Å². The van der Waals surface area contributed by atoms with Gasteiger partial charge in [-0.2, -0.15) is 0 Å². The van der Waals surface area contributed by atoms with Crippen molar-refractivity contribution in [1.82, 2.24) is 0 Å². The number of quaternary nitrogens is 3. The standard InChI is InChI=1S/C11H25N3/c1-13-9-5-11(6-10-13)14(2)8-4-3-7-12/h11H,3-10,12H2,1-2H3/p+3. The first-order valence-corrected chi connectivity index (χ1v) is 6.17. The van der Waals surface area contributed by atoms with Crippen LogP contribution in [0.1, 0.15) is 25.7 Å². The monoisotopic (exact) mass is 202 g/mol. The van der Waals surface area contributed by atoms with E-state index in [1.807, 2.05) is 0 Å². The van der Waals surface area contributed by atoms with Crippen LogP contribution in [0.4, 0.5) is 0 Å². The van der Waals surface area contributed by atoms with Crippen molar-refractivity contribution in [3.63, 3.8) is 0 Å². The molecule has 0 aliphatic carbocycles. The topological polar surface area (TPSA) is 36.5 Å². The number of rotatable bonds is 5. The first-order valence-electron chi connectivity index (χ1n) is 6.17. The summed E-state index contributed by atoms with van der Waals surface area (Å²) in [6.45, 7) is 5.19. The van der Waals surface area contributed by atoms with Crippen molar-refractivity contribution in [2.45, 2.75) is 31.7 Å². The van der Waals surface area contributed by atoms with E-state index in [2.05, 4.69) is 19.8 Å². The van der Waals surface area contributed by atoms with E-state index in [0.29, 0.717) is 0 Å². The largest absolute Gasteiger partial charge is 0.358 e. The minimum absolute atomic E-state index is 0.934. The number of unbranched alkanes of at least 4 members (excludes halogenated alkanes) is 1. The number of piperidine rings is 1. The van der Waals surface area contributed by atoms with Gasteiger partial charge in [0.15, 0.2) is 0 Å². The minimum Gasteiger partial charge on any atom is -0.358 e. The molecule has 0 bridgehead atoms. The molecule has 1 aliphatic heterocycles. The molecule has 0 spiro atoms. The molecule has 14 heavy (non-hydrogen) atoms. The molecule has 3 nitrogen and oxygen atoms in total. The van der Waals surface area contributed by atoms with Gasteiger partial charge in [0.05, 0.1) is 46.3 Å². The van der Waals surface area contributed by atoms with Crippen molar-refractivity contribution in [3.8, 4) is 0 Å². The van der Waals surface area contributed by atoms with Crippen LogP contribution in [0.2, 0.25) is 0 Å². The zero-order chi connectivity index (χ0) is 10.4. The Morgan fingerprint density at radius 1 is 1.29 bits per heavy atom. The number of hydrogen-bond acceptors (Lipinski definition) is 0. The lowest BCUT2D eigenvalue weighted by atomic mass is 10.0. The van der Waals surface area contributed by atoms with Crippen molar-refractivity contribution in [1.29, 1.82) is 0 Å². The fraction of sp³-hybridized carbons (Fsp3) is 1.00. The van der Waals surface area contributed by atoms with Crippen LogP contribution in [0.25, 0.3) is 0 Å². The fourth-order valence-electron chi connectivity index (χ4n) is 2.39. The summed E-state index contributed by atoms with van der Waals surface area (Å²) in [7, 11) is 4.68. The van der Waals surface area contributed by atoms with Crippen molar-refractivity contribution < 1.29 is 15.5 Å². The minimum atomic E-state index is 0.934. The highest BCUT2D eigenvalue weighted by Gasteiger charge is 2.25. The van der Waals surface area contributed by atoms with Gasteiger partial charge in [0.1, 0.15) is 0 Å². The molecule has 0 aromatic rings. The molecule has 1 atom stereocenters. The van der Waals surface area contributed by atoms with E-state index < -0.39 is 0 Å². The Morgan fingerprint density at radius 3 is 2.50 bits per heavy atom. The van der Waals surface area contributed by atoms with E-state index in [4.69, 9.17) is 0 Å². The van der Waals surface area contributed by atoms with E-state index >= 15 is 0 Å². The van der Waals surface area contributed by atoms with Gasteiger partial charge in [-0.25, -0.2) is 0 Å². The molecule has 1 unspecified atom stereocenters. The van der Waals surface area contributed by atoms with Crippen LogP contribution < -0.4 is 15.5 Å². The molecular formula is C11H28N3+3. The van der Waals surface area contributed by atoms with E-state index in [1.54, 1.807) is 9.80 Å². The average molecular weight is 202 g/mol. The van der Waals surface area contributed by atoms with Gasteiger partial charge in [-0.05, 0) is 0 Å². The zero-order valence-electron chi connectivity index (χ0n) is 9.94. The number of nitrogens with one attached hydrogen (secondary N) is 2. The van der Waals surface area contributed by atoms with Crippen molar-refractivity contribution in [3.05, 3.63) is 0 Å². The summed E-state index contributed by atoms with van der Waals surface area (Å²) < 4.78 is 0. The van der Waals surface area contributed by atoms with Gasteiger partial charge >= 0.3 is 0 Å². The highest BCUT2D eigenvalue weighted by molar-refractivity contribution is 4.58. The molecule has 0 amide bonds. The smallest absolute Gasteiger partial charge is 0.0981 e. The molecule has 1 fully saturated rings. The second-order valence-electron chi connectivity index (χ2n) is 4.89. The quantitative estimate of drug-likeness (QED) is 0.403. The van der Waals surface area contributed by atoms with Crippen molar-refractivity contribution >= 4 is 0 Å². The maximum absolute atomic E-state index is 3.89. The summed E-state index contributed by atoms with van der Waals surface area (Å²) >= 11 is 0. The molecular weight excluding hydrogens is 174 g/mol. The van der Waals surface area contributed by atoms with Crippen LogP contribution in [-0.2, 0) is 0 Å². The second-order valence-corrected chi connectivity index (χ2v) is 4.89. The van der Waals surface area contributed by atoms with Gasteiger partial charge in [0.25, 0.3) is 0 Å². The third kappa shape index (κ3) is 3.95. The van der Waals surface area contributed by atoms with Gasteiger partial charge in [-0.15, -0.1) is 0 Å². The zero-order valence-corrected chi connectivity index (χ0v) is 9.94. The molecule has 0 aromatic carbocycles. The lowest BCUT2D eigenvalue weighted by Gasteiger charge is -2.30. The SMILES string of the molecule is C[NH+]1CCC([NH+](C)CCCC[NH3+])CC1. The first-order chi connectivity index (χ1) is 6.74. The molecule has 0 aromatic heterocycles. The van der Waals surface area contributed by atoms with Gasteiger partial charge in [0, 0.05) is 25.7 Å². The first kappa shape index (κ1) is 12.0. The van der Waals surface area contributed by atoms with Crippen LogP contribution >= 0.6 is 0 Å². The van der Waals surface area contributed by atoms with Gasteiger partial charge in [-0.1, -0.05) is 0 Å². The lowest BCUT2D eigenvalue weighted by Crippen LogP contribution is -3.18. The van der Waals surface area contributed by atoms with Crippen molar-refractivity contribution in [2.24, 2.45) is 0 Å². The third-order valence-corrected chi connectivity index (χ3v) is 3.61. The molecule has 1 aliphatic rings. The summed E-state index contributed by atoms with van der Waals surface area (Å²) in [6.07, 6.45) is 5.49. The van der Waals surface area contributed by atoms with E-state index in [-0.39, 0.29) is 0 Å². The predicted molar refractivity (Wildman–Crippen MR) is 58.4 cm³/mol. The Labute approximate surface area is 88.2 Å². The van der Waals surface area contributed by atoms with Crippen LogP contribution in [0, 0.1) is 0 Å². The molecule has 5 N–H and O–H groups in total. The Kier molecular flexibility index (Phi) is 5.45. The lowest BCUT2D eigenvalue weighted by molar-refractivity contribution is -0.939. The fourth-order valence-corrected chi connectivity index (χ4v) is 2.39. The maximum atomic E-state index is 3.89. The summed E-state index contributed by atoms with van der Waals surface area (Å²) in [5.41, 5.74) is 3.89. The molecule has 3 heteroatoms. The van der Waals surface area contributed by atoms with E-state index in [0.717, 1.165) is 12.6 Å². The third-order valence-electron chi connectivity index (χ3n) is 3.61. The molecule has 1 heterocycles. The Balaban J connectivity index is 2.13. The molecule has 0 radical (unpaired) electrons. The Bertz CT molecular complexity index is 141. The summed E-state index contributed by atoms with van der Waals surface area (Å²) in [5.74, 6) is 0. The molecule has 1 rings (SSSR count). The van der Waals surface area contributed by atoms with Gasteiger partial charge in [0.2, 0.25) is 0 Å². The number of likely N-dealkylation sites (tertiary alicyclic amines) is 1. The van der Waals surface area contributed by atoms with Crippen LogP contribution in [-0.4, -0.2) is 46.3 Å². The predicted octanol–water partition coefficient (Wildman–Crippen LogP) is -2.80. The van der Waals surface area contributed by atoms with E-state index in [1.165, 1.54) is 45.3 Å².